The Balaban J connectivity index is 2.41. The SMILES string of the molecule is NCCC(=O)N1CCCS(=O)CC1. The van der Waals surface area contributed by atoms with Crippen LogP contribution in [0, 0.1) is 0 Å². The Labute approximate surface area is 80.9 Å². The lowest BCUT2D eigenvalue weighted by molar-refractivity contribution is -0.130. The van der Waals surface area contributed by atoms with Crippen LogP contribution < -0.4 is 5.73 Å². The summed E-state index contributed by atoms with van der Waals surface area (Å²) < 4.78 is 11.2. The first-order chi connectivity index (χ1) is 6.24. The fraction of sp³-hybridized carbons (Fsp3) is 0.875. The van der Waals surface area contributed by atoms with Crippen LogP contribution in [0.1, 0.15) is 12.8 Å². The summed E-state index contributed by atoms with van der Waals surface area (Å²) in [7, 11) is -0.724. The highest BCUT2D eigenvalue weighted by atomic mass is 32.2. The van der Waals surface area contributed by atoms with Crippen LogP contribution >= 0.6 is 0 Å². The van der Waals surface area contributed by atoms with Gasteiger partial charge in [-0.15, -0.1) is 0 Å². The molecule has 0 spiro atoms. The Hall–Kier alpha value is -0.420. The Morgan fingerprint density at radius 2 is 2.15 bits per heavy atom. The van der Waals surface area contributed by atoms with E-state index in [1.54, 1.807) is 4.90 Å². The highest BCUT2D eigenvalue weighted by Crippen LogP contribution is 2.03. The molecule has 1 rings (SSSR count). The number of hydrogen-bond donors (Lipinski definition) is 1. The predicted molar refractivity (Wildman–Crippen MR) is 52.7 cm³/mol. The Bertz CT molecular complexity index is 208. The molecule has 2 N–H and O–H groups in total. The molecule has 0 saturated carbocycles. The summed E-state index contributed by atoms with van der Waals surface area (Å²) in [5.41, 5.74) is 5.29. The molecule has 0 aromatic rings. The van der Waals surface area contributed by atoms with Crippen LogP contribution in [0.2, 0.25) is 0 Å². The summed E-state index contributed by atoms with van der Waals surface area (Å²) in [6.07, 6.45) is 1.26. The maximum absolute atomic E-state index is 11.4. The summed E-state index contributed by atoms with van der Waals surface area (Å²) in [6.45, 7) is 1.77. The molecule has 1 unspecified atom stereocenters. The molecule has 0 aromatic carbocycles. The van der Waals surface area contributed by atoms with Gasteiger partial charge in [0.1, 0.15) is 0 Å². The quantitative estimate of drug-likeness (QED) is 0.648. The van der Waals surface area contributed by atoms with E-state index in [1.165, 1.54) is 0 Å². The predicted octanol–water partition coefficient (Wildman–Crippen LogP) is -0.684. The number of carbonyl (C=O) groups excluding carboxylic acids is 1. The summed E-state index contributed by atoms with van der Waals surface area (Å²) in [5, 5.41) is 0. The van der Waals surface area contributed by atoms with Gasteiger partial charge in [0.15, 0.2) is 0 Å². The van der Waals surface area contributed by atoms with Gasteiger partial charge in [-0.3, -0.25) is 9.00 Å². The monoisotopic (exact) mass is 204 g/mol. The van der Waals surface area contributed by atoms with Crippen LogP contribution in [0.15, 0.2) is 0 Å². The molecule has 4 nitrogen and oxygen atoms in total. The minimum Gasteiger partial charge on any atom is -0.342 e. The smallest absolute Gasteiger partial charge is 0.223 e. The van der Waals surface area contributed by atoms with E-state index in [1.807, 2.05) is 0 Å². The topological polar surface area (TPSA) is 63.4 Å². The molecule has 76 valence electrons. The van der Waals surface area contributed by atoms with Crippen molar-refractivity contribution in [1.29, 1.82) is 0 Å². The third kappa shape index (κ3) is 3.44. The van der Waals surface area contributed by atoms with Crippen molar-refractivity contribution >= 4 is 16.7 Å². The molecule has 1 heterocycles. The number of amides is 1. The lowest BCUT2D eigenvalue weighted by Crippen LogP contribution is -2.34. The van der Waals surface area contributed by atoms with E-state index in [9.17, 15) is 9.00 Å². The minimum absolute atomic E-state index is 0.0985. The molecule has 0 aliphatic carbocycles. The van der Waals surface area contributed by atoms with Crippen molar-refractivity contribution < 1.29 is 9.00 Å². The molecule has 1 aliphatic heterocycles. The lowest BCUT2D eigenvalue weighted by atomic mass is 10.3. The van der Waals surface area contributed by atoms with Gasteiger partial charge in [0.2, 0.25) is 5.91 Å². The summed E-state index contributed by atoms with van der Waals surface area (Å²) >= 11 is 0. The average molecular weight is 204 g/mol. The van der Waals surface area contributed by atoms with Crippen molar-refractivity contribution in [2.45, 2.75) is 12.8 Å². The molecule has 1 saturated heterocycles. The molecule has 13 heavy (non-hydrogen) atoms. The first-order valence-corrected chi connectivity index (χ1v) is 6.05. The zero-order valence-corrected chi connectivity index (χ0v) is 8.52. The Kier molecular flexibility index (Phi) is 4.38. The molecule has 0 bridgehead atoms. The van der Waals surface area contributed by atoms with Crippen LogP contribution in [0.3, 0.4) is 0 Å². The van der Waals surface area contributed by atoms with E-state index in [-0.39, 0.29) is 5.91 Å². The van der Waals surface area contributed by atoms with Crippen molar-refractivity contribution in [2.24, 2.45) is 5.73 Å². The summed E-state index contributed by atoms with van der Waals surface area (Å²) in [6, 6.07) is 0. The molecule has 0 radical (unpaired) electrons. The van der Waals surface area contributed by atoms with Gasteiger partial charge in [0, 0.05) is 48.4 Å². The molecule has 1 fully saturated rings. The van der Waals surface area contributed by atoms with Gasteiger partial charge in [-0.2, -0.15) is 0 Å². The standard InChI is InChI=1S/C8H16N2O2S/c9-3-2-8(11)10-4-1-6-13(12)7-5-10/h1-7,9H2. The lowest BCUT2D eigenvalue weighted by Gasteiger charge is -2.19. The van der Waals surface area contributed by atoms with E-state index in [0.29, 0.717) is 25.3 Å². The number of carbonyl (C=O) groups is 1. The number of nitrogens with zero attached hydrogens (tertiary/aromatic N) is 1. The zero-order chi connectivity index (χ0) is 9.68. The van der Waals surface area contributed by atoms with E-state index in [4.69, 9.17) is 5.73 Å². The van der Waals surface area contributed by atoms with E-state index in [0.717, 1.165) is 18.7 Å². The fourth-order valence-electron chi connectivity index (χ4n) is 1.37. The van der Waals surface area contributed by atoms with Crippen molar-refractivity contribution in [3.05, 3.63) is 0 Å². The average Bonchev–Trinajstić information content (AvgIpc) is 2.30. The zero-order valence-electron chi connectivity index (χ0n) is 7.70. The van der Waals surface area contributed by atoms with Gasteiger partial charge in [-0.1, -0.05) is 0 Å². The molecule has 1 atom stereocenters. The number of hydrogen-bond acceptors (Lipinski definition) is 3. The molecule has 5 heteroatoms. The van der Waals surface area contributed by atoms with Crippen LogP contribution in [-0.4, -0.2) is 46.2 Å². The summed E-state index contributed by atoms with van der Waals surface area (Å²) in [5.74, 6) is 1.45. The van der Waals surface area contributed by atoms with Crippen molar-refractivity contribution in [3.63, 3.8) is 0 Å². The first kappa shape index (κ1) is 10.7. The van der Waals surface area contributed by atoms with E-state index >= 15 is 0 Å². The fourth-order valence-corrected chi connectivity index (χ4v) is 2.45. The first-order valence-electron chi connectivity index (χ1n) is 4.57. The minimum atomic E-state index is -0.724. The van der Waals surface area contributed by atoms with Gasteiger partial charge >= 0.3 is 0 Å². The second kappa shape index (κ2) is 5.34. The van der Waals surface area contributed by atoms with E-state index < -0.39 is 10.8 Å². The largest absolute Gasteiger partial charge is 0.342 e. The second-order valence-electron chi connectivity index (χ2n) is 3.12. The van der Waals surface area contributed by atoms with E-state index in [2.05, 4.69) is 0 Å². The van der Waals surface area contributed by atoms with Gasteiger partial charge in [-0.25, -0.2) is 0 Å². The van der Waals surface area contributed by atoms with Crippen molar-refractivity contribution in [2.75, 3.05) is 31.1 Å². The van der Waals surface area contributed by atoms with Crippen molar-refractivity contribution in [1.82, 2.24) is 4.90 Å². The molecular weight excluding hydrogens is 188 g/mol. The normalized spacial score (nSPS) is 24.1. The maximum Gasteiger partial charge on any atom is 0.223 e. The molecule has 0 aromatic heterocycles. The highest BCUT2D eigenvalue weighted by Gasteiger charge is 2.16. The molecular formula is C8H16N2O2S. The van der Waals surface area contributed by atoms with Gasteiger partial charge in [0.25, 0.3) is 0 Å². The second-order valence-corrected chi connectivity index (χ2v) is 4.82. The highest BCUT2D eigenvalue weighted by molar-refractivity contribution is 7.85. The Morgan fingerprint density at radius 3 is 2.85 bits per heavy atom. The molecule has 1 aliphatic rings. The maximum atomic E-state index is 11.4. The third-order valence-electron chi connectivity index (χ3n) is 2.10. The molecule has 1 amide bonds. The van der Waals surface area contributed by atoms with Crippen LogP contribution in [0.25, 0.3) is 0 Å². The van der Waals surface area contributed by atoms with Gasteiger partial charge in [0.05, 0.1) is 0 Å². The summed E-state index contributed by atoms with van der Waals surface area (Å²) in [4.78, 5) is 13.2. The van der Waals surface area contributed by atoms with Crippen LogP contribution in [0.4, 0.5) is 0 Å². The van der Waals surface area contributed by atoms with Crippen LogP contribution in [0.5, 0.6) is 0 Å². The third-order valence-corrected chi connectivity index (χ3v) is 3.48. The van der Waals surface area contributed by atoms with Crippen molar-refractivity contribution in [3.8, 4) is 0 Å². The van der Waals surface area contributed by atoms with Crippen LogP contribution in [-0.2, 0) is 15.6 Å². The Morgan fingerprint density at radius 1 is 1.38 bits per heavy atom. The number of nitrogens with two attached hydrogens (primary N) is 1. The van der Waals surface area contributed by atoms with Gasteiger partial charge in [-0.05, 0) is 6.42 Å². The number of rotatable bonds is 2. The van der Waals surface area contributed by atoms with Gasteiger partial charge < -0.3 is 10.6 Å².